The van der Waals surface area contributed by atoms with Gasteiger partial charge in [-0.1, -0.05) is 12.8 Å². The first-order valence-corrected chi connectivity index (χ1v) is 9.02. The molecule has 3 nitrogen and oxygen atoms in total. The first-order valence-electron chi connectivity index (χ1n) is 7.80. The monoisotopic (exact) mass is 306 g/mol. The van der Waals surface area contributed by atoms with Crippen molar-refractivity contribution in [3.8, 4) is 0 Å². The maximum atomic E-state index is 12.3. The van der Waals surface area contributed by atoms with Crippen LogP contribution in [-0.2, 0) is 4.79 Å². The Hall–Kier alpha value is -1.00. The lowest BCUT2D eigenvalue weighted by Gasteiger charge is -2.31. The van der Waals surface area contributed by atoms with Gasteiger partial charge in [0.2, 0.25) is 5.91 Å². The summed E-state index contributed by atoms with van der Waals surface area (Å²) in [7, 11) is 0. The lowest BCUT2D eigenvalue weighted by Crippen LogP contribution is -2.43. The first-order chi connectivity index (χ1) is 10.1. The van der Waals surface area contributed by atoms with Gasteiger partial charge >= 0.3 is 0 Å². The first kappa shape index (κ1) is 16.4. The Bertz CT molecular complexity index is 452. The number of nitrogens with one attached hydrogen (secondary N) is 1. The quantitative estimate of drug-likeness (QED) is 0.806. The van der Waals surface area contributed by atoms with Gasteiger partial charge in [0.15, 0.2) is 0 Å². The summed E-state index contributed by atoms with van der Waals surface area (Å²) < 4.78 is 0. The van der Waals surface area contributed by atoms with Crippen LogP contribution in [0.1, 0.15) is 39.5 Å². The molecule has 1 aromatic carbocycles. The molecule has 0 saturated heterocycles. The van der Waals surface area contributed by atoms with Crippen LogP contribution in [0.15, 0.2) is 29.2 Å². The number of amides is 1. The van der Waals surface area contributed by atoms with Crippen molar-refractivity contribution in [2.75, 3.05) is 18.1 Å². The van der Waals surface area contributed by atoms with E-state index in [4.69, 9.17) is 0 Å². The topological polar surface area (TPSA) is 32.3 Å². The van der Waals surface area contributed by atoms with Gasteiger partial charge in [0.25, 0.3) is 0 Å². The smallest absolute Gasteiger partial charge is 0.238 e. The van der Waals surface area contributed by atoms with Gasteiger partial charge < -0.3 is 5.32 Å². The SMILES string of the molecule is CSc1ccc(NC(=O)CN(C(C)C)C2CCCC2)cc1. The van der Waals surface area contributed by atoms with Crippen molar-refractivity contribution in [1.29, 1.82) is 0 Å². The van der Waals surface area contributed by atoms with Crippen LogP contribution < -0.4 is 5.32 Å². The number of carbonyl (C=O) groups excluding carboxylic acids is 1. The molecule has 0 bridgehead atoms. The second-order valence-electron chi connectivity index (χ2n) is 5.98. The Morgan fingerprint density at radius 3 is 2.43 bits per heavy atom. The van der Waals surface area contributed by atoms with E-state index < -0.39 is 0 Å². The largest absolute Gasteiger partial charge is 0.325 e. The van der Waals surface area contributed by atoms with Crippen LogP contribution in [0, 0.1) is 0 Å². The molecule has 1 fully saturated rings. The average Bonchev–Trinajstić information content (AvgIpc) is 2.99. The molecule has 1 N–H and O–H groups in total. The van der Waals surface area contributed by atoms with E-state index in [1.54, 1.807) is 11.8 Å². The maximum Gasteiger partial charge on any atom is 0.238 e. The molecule has 21 heavy (non-hydrogen) atoms. The van der Waals surface area contributed by atoms with Gasteiger partial charge in [-0.05, 0) is 57.2 Å². The van der Waals surface area contributed by atoms with E-state index in [0.717, 1.165) is 5.69 Å². The summed E-state index contributed by atoms with van der Waals surface area (Å²) in [6.45, 7) is 4.85. The Morgan fingerprint density at radius 2 is 1.90 bits per heavy atom. The summed E-state index contributed by atoms with van der Waals surface area (Å²) >= 11 is 1.71. The molecule has 4 heteroatoms. The number of hydrogen-bond donors (Lipinski definition) is 1. The molecule has 0 atom stereocenters. The second kappa shape index (κ2) is 7.85. The molecule has 1 aliphatic rings. The molecule has 1 aromatic rings. The lowest BCUT2D eigenvalue weighted by atomic mass is 10.1. The fourth-order valence-electron chi connectivity index (χ4n) is 3.01. The summed E-state index contributed by atoms with van der Waals surface area (Å²) in [5.74, 6) is 0.0903. The maximum absolute atomic E-state index is 12.3. The Morgan fingerprint density at radius 1 is 1.29 bits per heavy atom. The van der Waals surface area contributed by atoms with Crippen molar-refractivity contribution in [3.05, 3.63) is 24.3 Å². The van der Waals surface area contributed by atoms with Crippen LogP contribution >= 0.6 is 11.8 Å². The van der Waals surface area contributed by atoms with Crippen molar-refractivity contribution in [2.24, 2.45) is 0 Å². The summed E-state index contributed by atoms with van der Waals surface area (Å²) in [5.41, 5.74) is 0.882. The van der Waals surface area contributed by atoms with Crippen molar-refractivity contribution in [3.63, 3.8) is 0 Å². The van der Waals surface area contributed by atoms with Gasteiger partial charge in [-0.2, -0.15) is 0 Å². The minimum atomic E-state index is 0.0903. The lowest BCUT2D eigenvalue weighted by molar-refractivity contribution is -0.118. The van der Waals surface area contributed by atoms with Crippen LogP contribution in [-0.4, -0.2) is 35.7 Å². The highest BCUT2D eigenvalue weighted by atomic mass is 32.2. The van der Waals surface area contributed by atoms with Crippen molar-refractivity contribution < 1.29 is 4.79 Å². The van der Waals surface area contributed by atoms with Gasteiger partial charge in [-0.25, -0.2) is 0 Å². The molecular weight excluding hydrogens is 280 g/mol. The summed E-state index contributed by atoms with van der Waals surface area (Å²) in [5, 5.41) is 3.01. The van der Waals surface area contributed by atoms with E-state index >= 15 is 0 Å². The molecule has 2 rings (SSSR count). The highest BCUT2D eigenvalue weighted by Crippen LogP contribution is 2.25. The predicted molar refractivity (Wildman–Crippen MR) is 91.0 cm³/mol. The van der Waals surface area contributed by atoms with Gasteiger partial charge in [0.05, 0.1) is 6.54 Å². The third kappa shape index (κ3) is 4.75. The van der Waals surface area contributed by atoms with Crippen molar-refractivity contribution in [2.45, 2.75) is 56.5 Å². The van der Waals surface area contributed by atoms with E-state index in [0.29, 0.717) is 18.6 Å². The Balaban J connectivity index is 1.91. The average molecular weight is 306 g/mol. The van der Waals surface area contributed by atoms with Crippen molar-refractivity contribution in [1.82, 2.24) is 4.90 Å². The number of hydrogen-bond acceptors (Lipinski definition) is 3. The van der Waals surface area contributed by atoms with Gasteiger partial charge in [-0.15, -0.1) is 11.8 Å². The van der Waals surface area contributed by atoms with Crippen molar-refractivity contribution >= 4 is 23.4 Å². The van der Waals surface area contributed by atoms with E-state index in [-0.39, 0.29) is 5.91 Å². The van der Waals surface area contributed by atoms with Gasteiger partial charge in [0, 0.05) is 22.7 Å². The zero-order chi connectivity index (χ0) is 15.2. The van der Waals surface area contributed by atoms with E-state index in [1.165, 1.54) is 30.6 Å². The van der Waals surface area contributed by atoms with E-state index in [9.17, 15) is 4.79 Å². The Kier molecular flexibility index (Phi) is 6.12. The number of rotatable bonds is 6. The van der Waals surface area contributed by atoms with Gasteiger partial charge in [0.1, 0.15) is 0 Å². The molecule has 0 aromatic heterocycles. The predicted octanol–water partition coefficient (Wildman–Crippen LogP) is 4.00. The second-order valence-corrected chi connectivity index (χ2v) is 6.86. The molecule has 1 saturated carbocycles. The zero-order valence-electron chi connectivity index (χ0n) is 13.3. The van der Waals surface area contributed by atoms with Crippen LogP contribution in [0.25, 0.3) is 0 Å². The zero-order valence-corrected chi connectivity index (χ0v) is 14.1. The third-order valence-electron chi connectivity index (χ3n) is 4.16. The number of anilines is 1. The fraction of sp³-hybridized carbons (Fsp3) is 0.588. The minimum Gasteiger partial charge on any atom is -0.325 e. The highest BCUT2D eigenvalue weighted by Gasteiger charge is 2.26. The fourth-order valence-corrected chi connectivity index (χ4v) is 3.42. The van der Waals surface area contributed by atoms with Gasteiger partial charge in [-0.3, -0.25) is 9.69 Å². The molecule has 0 radical (unpaired) electrons. The van der Waals surface area contributed by atoms with Crippen LogP contribution in [0.5, 0.6) is 0 Å². The molecule has 0 spiro atoms. The van der Waals surface area contributed by atoms with Crippen LogP contribution in [0.4, 0.5) is 5.69 Å². The number of benzene rings is 1. The molecular formula is C17H26N2OS. The Labute approximate surface area is 132 Å². The molecule has 116 valence electrons. The molecule has 0 unspecified atom stereocenters. The summed E-state index contributed by atoms with van der Waals surface area (Å²) in [6.07, 6.45) is 7.11. The van der Waals surface area contributed by atoms with E-state index in [1.807, 2.05) is 24.3 Å². The molecule has 1 amide bonds. The third-order valence-corrected chi connectivity index (χ3v) is 4.90. The summed E-state index contributed by atoms with van der Waals surface area (Å²) in [6, 6.07) is 9.01. The molecule has 0 heterocycles. The molecule has 1 aliphatic carbocycles. The van der Waals surface area contributed by atoms with Crippen LogP contribution in [0.2, 0.25) is 0 Å². The van der Waals surface area contributed by atoms with E-state index in [2.05, 4.69) is 30.3 Å². The van der Waals surface area contributed by atoms with Crippen LogP contribution in [0.3, 0.4) is 0 Å². The molecule has 0 aliphatic heterocycles. The summed E-state index contributed by atoms with van der Waals surface area (Å²) in [4.78, 5) is 15.8. The number of thioether (sulfide) groups is 1. The number of carbonyl (C=O) groups is 1. The normalized spacial score (nSPS) is 15.9. The highest BCUT2D eigenvalue weighted by molar-refractivity contribution is 7.98. The number of nitrogens with zero attached hydrogens (tertiary/aromatic N) is 1. The minimum absolute atomic E-state index is 0.0903. The standard InChI is InChI=1S/C17H26N2OS/c1-13(2)19(15-6-4-5-7-15)12-17(20)18-14-8-10-16(21-3)11-9-14/h8-11,13,15H,4-7,12H2,1-3H3,(H,18,20).